The highest BCUT2D eigenvalue weighted by Gasteiger charge is 2.59. The minimum absolute atomic E-state index is 0.0336. The van der Waals surface area contributed by atoms with E-state index in [9.17, 15) is 5.11 Å². The minimum atomic E-state index is -0.0336. The molecule has 4 fully saturated rings. The highest BCUT2D eigenvalue weighted by Crippen LogP contribution is 2.66. The van der Waals surface area contributed by atoms with E-state index in [1.165, 1.54) is 51.4 Å². The zero-order valence-corrected chi connectivity index (χ0v) is 13.9. The van der Waals surface area contributed by atoms with Crippen molar-refractivity contribution < 1.29 is 5.11 Å². The molecule has 0 unspecified atom stereocenters. The van der Waals surface area contributed by atoms with E-state index in [0.717, 1.165) is 30.1 Å². The summed E-state index contributed by atoms with van der Waals surface area (Å²) >= 11 is 0. The Balaban J connectivity index is 1.62. The number of aliphatic hydroxyl groups is 1. The predicted octanol–water partition coefficient (Wildman–Crippen LogP) is 3.72. The third-order valence-electron chi connectivity index (χ3n) is 8.66. The summed E-state index contributed by atoms with van der Waals surface area (Å²) in [5.74, 6) is 3.46. The molecule has 0 saturated heterocycles. The van der Waals surface area contributed by atoms with E-state index < -0.39 is 0 Å². The number of aliphatic hydroxyl groups excluding tert-OH is 1. The Morgan fingerprint density at radius 3 is 2.38 bits per heavy atom. The lowest BCUT2D eigenvalue weighted by molar-refractivity contribution is -0.122. The van der Waals surface area contributed by atoms with Gasteiger partial charge in [-0.25, -0.2) is 0 Å². The Hall–Kier alpha value is -0.0800. The number of hydrogen-bond donors (Lipinski definition) is 2. The van der Waals surface area contributed by atoms with Crippen molar-refractivity contribution in [2.75, 3.05) is 0 Å². The zero-order chi connectivity index (χ0) is 14.8. The van der Waals surface area contributed by atoms with Crippen molar-refractivity contribution in [1.82, 2.24) is 0 Å². The fraction of sp³-hybridized carbons (Fsp3) is 1.00. The molecule has 0 bridgehead atoms. The quantitative estimate of drug-likeness (QED) is 0.714. The molecule has 0 aromatic carbocycles. The van der Waals surface area contributed by atoms with Gasteiger partial charge >= 0.3 is 0 Å². The maximum atomic E-state index is 10.5. The SMILES string of the molecule is C[C@]12CC[C@H](N)C[C@@H]1CC[C@H]1[C@H]2CC[C@]2(C)[C@@H]1CC[C@@H]2O. The molecule has 0 aromatic heterocycles. The fourth-order valence-corrected chi connectivity index (χ4v) is 7.26. The van der Waals surface area contributed by atoms with Crippen molar-refractivity contribution in [3.8, 4) is 0 Å². The van der Waals surface area contributed by atoms with Crippen LogP contribution in [0.15, 0.2) is 0 Å². The highest BCUT2D eigenvalue weighted by molar-refractivity contribution is 5.09. The molecule has 120 valence electrons. The van der Waals surface area contributed by atoms with Gasteiger partial charge in [0, 0.05) is 6.04 Å². The number of rotatable bonds is 0. The fourth-order valence-electron chi connectivity index (χ4n) is 7.26. The Bertz CT molecular complexity index is 424. The lowest BCUT2D eigenvalue weighted by Gasteiger charge is -2.60. The molecule has 4 aliphatic carbocycles. The van der Waals surface area contributed by atoms with E-state index in [1.807, 2.05) is 0 Å². The van der Waals surface area contributed by atoms with E-state index in [1.54, 1.807) is 0 Å². The summed E-state index contributed by atoms with van der Waals surface area (Å²) in [5, 5.41) is 10.5. The summed E-state index contributed by atoms with van der Waals surface area (Å²) < 4.78 is 0. The van der Waals surface area contributed by atoms with Crippen LogP contribution in [-0.4, -0.2) is 17.3 Å². The first kappa shape index (κ1) is 14.5. The molecular weight excluding hydrogens is 258 g/mol. The largest absolute Gasteiger partial charge is 0.393 e. The number of fused-ring (bicyclic) bond motifs is 5. The molecular formula is C19H33NO. The number of hydrogen-bond acceptors (Lipinski definition) is 2. The third kappa shape index (κ3) is 1.91. The molecule has 0 spiro atoms. The minimum Gasteiger partial charge on any atom is -0.393 e. The van der Waals surface area contributed by atoms with Crippen LogP contribution in [0.2, 0.25) is 0 Å². The maximum absolute atomic E-state index is 10.5. The third-order valence-corrected chi connectivity index (χ3v) is 8.66. The van der Waals surface area contributed by atoms with Gasteiger partial charge in [-0.2, -0.15) is 0 Å². The standard InChI is InChI=1S/C19H33NO/c1-18-9-7-13(20)11-12(18)3-4-14-15-5-6-17(21)19(15,2)10-8-16(14)18/h12-17,21H,3-11,20H2,1-2H3/t12-,13-,14+,15+,16+,17-,18-,19+/m0/s1. The Kier molecular flexibility index (Phi) is 3.25. The first-order valence-electron chi connectivity index (χ1n) is 9.39. The molecule has 4 rings (SSSR count). The van der Waals surface area contributed by atoms with Gasteiger partial charge in [0.1, 0.15) is 0 Å². The van der Waals surface area contributed by atoms with Crippen LogP contribution in [0.3, 0.4) is 0 Å². The zero-order valence-electron chi connectivity index (χ0n) is 13.9. The second-order valence-corrected chi connectivity index (χ2v) is 9.33. The molecule has 0 amide bonds. The molecule has 8 atom stereocenters. The molecule has 2 nitrogen and oxygen atoms in total. The van der Waals surface area contributed by atoms with Crippen LogP contribution in [0.4, 0.5) is 0 Å². The predicted molar refractivity (Wildman–Crippen MR) is 85.7 cm³/mol. The molecule has 4 saturated carbocycles. The summed E-state index contributed by atoms with van der Waals surface area (Å²) in [6.45, 7) is 4.98. The van der Waals surface area contributed by atoms with Gasteiger partial charge in [0.25, 0.3) is 0 Å². The molecule has 0 aliphatic heterocycles. The van der Waals surface area contributed by atoms with Gasteiger partial charge in [0.2, 0.25) is 0 Å². The second kappa shape index (κ2) is 4.71. The second-order valence-electron chi connectivity index (χ2n) is 9.33. The summed E-state index contributed by atoms with van der Waals surface area (Å²) in [6, 6.07) is 0.460. The van der Waals surface area contributed by atoms with Gasteiger partial charge in [0.05, 0.1) is 6.10 Å². The molecule has 0 aromatic rings. The van der Waals surface area contributed by atoms with Crippen LogP contribution < -0.4 is 5.73 Å². The molecule has 4 aliphatic rings. The van der Waals surface area contributed by atoms with Crippen molar-refractivity contribution in [2.45, 2.75) is 83.8 Å². The van der Waals surface area contributed by atoms with Crippen molar-refractivity contribution in [2.24, 2.45) is 40.2 Å². The van der Waals surface area contributed by atoms with Crippen LogP contribution in [0.5, 0.6) is 0 Å². The van der Waals surface area contributed by atoms with E-state index in [-0.39, 0.29) is 11.5 Å². The Morgan fingerprint density at radius 1 is 0.857 bits per heavy atom. The van der Waals surface area contributed by atoms with Crippen LogP contribution in [0.1, 0.15) is 71.6 Å². The summed E-state index contributed by atoms with van der Waals surface area (Å²) in [6.07, 6.45) is 11.6. The first-order valence-corrected chi connectivity index (χ1v) is 9.39. The lowest BCUT2D eigenvalue weighted by Crippen LogP contribution is -2.55. The summed E-state index contributed by atoms with van der Waals surface area (Å²) in [4.78, 5) is 0. The summed E-state index contributed by atoms with van der Waals surface area (Å²) in [5.41, 5.74) is 7.04. The van der Waals surface area contributed by atoms with Crippen LogP contribution in [-0.2, 0) is 0 Å². The molecule has 2 heteroatoms. The van der Waals surface area contributed by atoms with Gasteiger partial charge in [-0.1, -0.05) is 13.8 Å². The van der Waals surface area contributed by atoms with E-state index in [0.29, 0.717) is 11.5 Å². The molecule has 0 radical (unpaired) electrons. The van der Waals surface area contributed by atoms with Gasteiger partial charge in [0.15, 0.2) is 0 Å². The number of nitrogens with two attached hydrogens (primary N) is 1. The highest BCUT2D eigenvalue weighted by atomic mass is 16.3. The van der Waals surface area contributed by atoms with Crippen molar-refractivity contribution in [3.63, 3.8) is 0 Å². The van der Waals surface area contributed by atoms with Crippen LogP contribution in [0, 0.1) is 34.5 Å². The van der Waals surface area contributed by atoms with Crippen molar-refractivity contribution in [1.29, 1.82) is 0 Å². The smallest absolute Gasteiger partial charge is 0.0596 e. The van der Waals surface area contributed by atoms with Gasteiger partial charge < -0.3 is 10.8 Å². The topological polar surface area (TPSA) is 46.2 Å². The Labute approximate surface area is 129 Å². The molecule has 0 heterocycles. The van der Waals surface area contributed by atoms with E-state index >= 15 is 0 Å². The van der Waals surface area contributed by atoms with Gasteiger partial charge in [-0.15, -0.1) is 0 Å². The van der Waals surface area contributed by atoms with E-state index in [2.05, 4.69) is 13.8 Å². The summed E-state index contributed by atoms with van der Waals surface area (Å²) in [7, 11) is 0. The molecule has 3 N–H and O–H groups in total. The van der Waals surface area contributed by atoms with Crippen molar-refractivity contribution >= 4 is 0 Å². The van der Waals surface area contributed by atoms with Crippen molar-refractivity contribution in [3.05, 3.63) is 0 Å². The van der Waals surface area contributed by atoms with Crippen LogP contribution >= 0.6 is 0 Å². The Morgan fingerprint density at radius 2 is 1.57 bits per heavy atom. The molecule has 21 heavy (non-hydrogen) atoms. The van der Waals surface area contributed by atoms with E-state index in [4.69, 9.17) is 5.73 Å². The first-order chi connectivity index (χ1) is 9.95. The maximum Gasteiger partial charge on any atom is 0.0596 e. The average Bonchev–Trinajstić information content (AvgIpc) is 2.76. The van der Waals surface area contributed by atoms with Crippen LogP contribution in [0.25, 0.3) is 0 Å². The lowest BCUT2D eigenvalue weighted by atomic mass is 9.45. The normalized spacial score (nSPS) is 60.0. The van der Waals surface area contributed by atoms with Gasteiger partial charge in [-0.05, 0) is 92.3 Å². The average molecular weight is 291 g/mol. The van der Waals surface area contributed by atoms with Gasteiger partial charge in [-0.3, -0.25) is 0 Å². The monoisotopic (exact) mass is 291 g/mol.